The van der Waals surface area contributed by atoms with Crippen LogP contribution in [0, 0.1) is 5.92 Å². The molecule has 3 rings (SSSR count). The maximum absolute atomic E-state index is 12.5. The SMILES string of the molecule is O=C(O)C1CCCN1C(=O)C1CC1c1ccccc1OC(F)(F)F. The second kappa shape index (κ2) is 5.99. The average molecular weight is 343 g/mol. The molecule has 1 aromatic carbocycles. The molecule has 5 nitrogen and oxygen atoms in total. The van der Waals surface area contributed by atoms with Gasteiger partial charge in [-0.1, -0.05) is 18.2 Å². The van der Waals surface area contributed by atoms with Crippen LogP contribution in [0.5, 0.6) is 5.75 Å². The van der Waals surface area contributed by atoms with Crippen molar-refractivity contribution in [2.24, 2.45) is 5.92 Å². The zero-order valence-corrected chi connectivity index (χ0v) is 12.6. The van der Waals surface area contributed by atoms with Gasteiger partial charge in [-0.15, -0.1) is 13.2 Å². The smallest absolute Gasteiger partial charge is 0.480 e. The molecular weight excluding hydrogens is 327 g/mol. The summed E-state index contributed by atoms with van der Waals surface area (Å²) in [5.74, 6) is -2.50. The fourth-order valence-corrected chi connectivity index (χ4v) is 3.32. The van der Waals surface area contributed by atoms with E-state index in [0.29, 0.717) is 31.4 Å². The minimum absolute atomic E-state index is 0.299. The lowest BCUT2D eigenvalue weighted by Crippen LogP contribution is -2.41. The molecule has 2 fully saturated rings. The third kappa shape index (κ3) is 3.32. The first-order chi connectivity index (χ1) is 11.3. The second-order valence-electron chi connectivity index (χ2n) is 6.06. The van der Waals surface area contributed by atoms with E-state index in [1.54, 1.807) is 6.07 Å². The van der Waals surface area contributed by atoms with Crippen LogP contribution in [0.3, 0.4) is 0 Å². The first kappa shape index (κ1) is 16.6. The third-order valence-electron chi connectivity index (χ3n) is 4.47. The topological polar surface area (TPSA) is 66.8 Å². The number of likely N-dealkylation sites (tertiary alicyclic amines) is 1. The summed E-state index contributed by atoms with van der Waals surface area (Å²) >= 11 is 0. The minimum Gasteiger partial charge on any atom is -0.480 e. The Morgan fingerprint density at radius 1 is 1.25 bits per heavy atom. The van der Waals surface area contributed by atoms with Crippen molar-refractivity contribution in [1.82, 2.24) is 4.90 Å². The van der Waals surface area contributed by atoms with Gasteiger partial charge in [0.25, 0.3) is 0 Å². The molecule has 130 valence electrons. The zero-order chi connectivity index (χ0) is 17.5. The van der Waals surface area contributed by atoms with Crippen LogP contribution in [0.25, 0.3) is 0 Å². The van der Waals surface area contributed by atoms with Gasteiger partial charge in [0.15, 0.2) is 0 Å². The fourth-order valence-electron chi connectivity index (χ4n) is 3.32. The van der Waals surface area contributed by atoms with E-state index < -0.39 is 24.3 Å². The monoisotopic (exact) mass is 343 g/mol. The lowest BCUT2D eigenvalue weighted by molar-refractivity contribution is -0.274. The van der Waals surface area contributed by atoms with Crippen LogP contribution >= 0.6 is 0 Å². The van der Waals surface area contributed by atoms with Gasteiger partial charge in [-0.05, 0) is 36.8 Å². The highest BCUT2D eigenvalue weighted by Gasteiger charge is 2.50. The normalized spacial score (nSPS) is 26.3. The van der Waals surface area contributed by atoms with Crippen LogP contribution in [-0.2, 0) is 9.59 Å². The lowest BCUT2D eigenvalue weighted by atomic mass is 10.1. The number of benzene rings is 1. The standard InChI is InChI=1S/C16H16F3NO4/c17-16(18,19)24-13-6-2-1-4-9(13)10-8-11(10)14(21)20-7-3-5-12(20)15(22)23/h1-2,4,6,10-12H,3,5,7-8H2,(H,22,23). The van der Waals surface area contributed by atoms with Crippen LogP contribution in [0.15, 0.2) is 24.3 Å². The Morgan fingerprint density at radius 3 is 2.62 bits per heavy atom. The van der Waals surface area contributed by atoms with E-state index in [-0.39, 0.29) is 17.6 Å². The summed E-state index contributed by atoms with van der Waals surface area (Å²) in [5.41, 5.74) is 0.333. The summed E-state index contributed by atoms with van der Waals surface area (Å²) in [4.78, 5) is 25.0. The largest absolute Gasteiger partial charge is 0.573 e. The lowest BCUT2D eigenvalue weighted by Gasteiger charge is -2.21. The van der Waals surface area contributed by atoms with Crippen molar-refractivity contribution in [3.8, 4) is 5.75 Å². The molecule has 2 aliphatic rings. The predicted molar refractivity (Wildman–Crippen MR) is 76.3 cm³/mol. The number of carboxylic acid groups (broad SMARTS) is 1. The van der Waals surface area contributed by atoms with Crippen molar-refractivity contribution < 1.29 is 32.6 Å². The maximum atomic E-state index is 12.5. The molecule has 1 heterocycles. The summed E-state index contributed by atoms with van der Waals surface area (Å²) in [5, 5.41) is 9.15. The number of rotatable bonds is 4. The van der Waals surface area contributed by atoms with Crippen LogP contribution in [-0.4, -0.2) is 40.8 Å². The third-order valence-corrected chi connectivity index (χ3v) is 4.47. The Kier molecular flexibility index (Phi) is 4.15. The Labute approximate surface area is 136 Å². The molecule has 1 amide bonds. The Balaban J connectivity index is 1.74. The van der Waals surface area contributed by atoms with Gasteiger partial charge in [-0.25, -0.2) is 4.79 Å². The number of carbonyl (C=O) groups is 2. The number of carbonyl (C=O) groups excluding carboxylic acids is 1. The molecule has 0 spiro atoms. The van der Waals surface area contributed by atoms with Crippen molar-refractivity contribution in [1.29, 1.82) is 0 Å². The molecule has 24 heavy (non-hydrogen) atoms. The molecule has 1 aromatic rings. The van der Waals surface area contributed by atoms with Crippen molar-refractivity contribution in [3.63, 3.8) is 0 Å². The number of nitrogens with zero attached hydrogens (tertiary/aromatic N) is 1. The Hall–Kier alpha value is -2.25. The van der Waals surface area contributed by atoms with Gasteiger partial charge in [-0.2, -0.15) is 0 Å². The molecule has 0 aromatic heterocycles. The number of hydrogen-bond acceptors (Lipinski definition) is 3. The quantitative estimate of drug-likeness (QED) is 0.913. The maximum Gasteiger partial charge on any atom is 0.573 e. The number of para-hydroxylation sites is 1. The van der Waals surface area contributed by atoms with Gasteiger partial charge in [-0.3, -0.25) is 4.79 Å². The Bertz CT molecular complexity index is 661. The molecule has 1 aliphatic carbocycles. The van der Waals surface area contributed by atoms with Crippen molar-refractivity contribution in [2.45, 2.75) is 37.6 Å². The number of halogens is 3. The Morgan fingerprint density at radius 2 is 1.96 bits per heavy atom. The molecule has 1 aliphatic heterocycles. The van der Waals surface area contributed by atoms with Crippen LogP contribution in [0.4, 0.5) is 13.2 Å². The summed E-state index contributed by atoms with van der Waals surface area (Å²) in [7, 11) is 0. The summed E-state index contributed by atoms with van der Waals surface area (Å²) in [6, 6.07) is 4.93. The fraction of sp³-hybridized carbons (Fsp3) is 0.500. The van der Waals surface area contributed by atoms with Gasteiger partial charge in [0.05, 0.1) is 0 Å². The molecule has 3 unspecified atom stereocenters. The van der Waals surface area contributed by atoms with Gasteiger partial charge in [0, 0.05) is 12.5 Å². The number of carboxylic acids is 1. The minimum atomic E-state index is -4.80. The molecule has 8 heteroatoms. The highest BCUT2D eigenvalue weighted by molar-refractivity contribution is 5.88. The first-order valence-electron chi connectivity index (χ1n) is 7.66. The van der Waals surface area contributed by atoms with E-state index in [9.17, 15) is 22.8 Å². The van der Waals surface area contributed by atoms with Gasteiger partial charge >= 0.3 is 12.3 Å². The molecule has 1 N–H and O–H groups in total. The van der Waals surface area contributed by atoms with Gasteiger partial charge in [0.1, 0.15) is 11.8 Å². The molecule has 3 atom stereocenters. The molecule has 0 radical (unpaired) electrons. The van der Waals surface area contributed by atoms with Crippen LogP contribution < -0.4 is 4.74 Å². The number of aliphatic carboxylic acids is 1. The highest BCUT2D eigenvalue weighted by Crippen LogP contribution is 2.52. The summed E-state index contributed by atoms with van der Waals surface area (Å²) < 4.78 is 41.5. The average Bonchev–Trinajstić information content (AvgIpc) is 3.12. The van der Waals surface area contributed by atoms with Crippen molar-refractivity contribution in [3.05, 3.63) is 29.8 Å². The zero-order valence-electron chi connectivity index (χ0n) is 12.6. The molecule has 0 bridgehead atoms. The van der Waals surface area contributed by atoms with Gasteiger partial charge < -0.3 is 14.7 Å². The van der Waals surface area contributed by atoms with Crippen LogP contribution in [0.2, 0.25) is 0 Å². The number of alkyl halides is 3. The van der Waals surface area contributed by atoms with E-state index in [0.717, 1.165) is 0 Å². The number of ether oxygens (including phenoxy) is 1. The summed E-state index contributed by atoms with van der Waals surface area (Å²) in [6.45, 7) is 0.375. The second-order valence-corrected chi connectivity index (χ2v) is 6.06. The number of amides is 1. The highest BCUT2D eigenvalue weighted by atomic mass is 19.4. The number of hydrogen-bond donors (Lipinski definition) is 1. The van der Waals surface area contributed by atoms with Crippen LogP contribution in [0.1, 0.15) is 30.7 Å². The molecule has 1 saturated carbocycles. The van der Waals surface area contributed by atoms with E-state index in [2.05, 4.69) is 4.74 Å². The molecule has 1 saturated heterocycles. The first-order valence-corrected chi connectivity index (χ1v) is 7.66. The van der Waals surface area contributed by atoms with E-state index >= 15 is 0 Å². The van der Waals surface area contributed by atoms with Crippen molar-refractivity contribution in [2.75, 3.05) is 6.54 Å². The van der Waals surface area contributed by atoms with E-state index in [1.807, 2.05) is 0 Å². The van der Waals surface area contributed by atoms with Gasteiger partial charge in [0.2, 0.25) is 5.91 Å². The van der Waals surface area contributed by atoms with Crippen molar-refractivity contribution >= 4 is 11.9 Å². The van der Waals surface area contributed by atoms with E-state index in [4.69, 9.17) is 5.11 Å². The predicted octanol–water partition coefficient (Wildman–Crippen LogP) is 2.76. The summed E-state index contributed by atoms with van der Waals surface area (Å²) in [6.07, 6.45) is -3.37. The molecular formula is C16H16F3NO4. The van der Waals surface area contributed by atoms with E-state index in [1.165, 1.54) is 23.1 Å².